The lowest BCUT2D eigenvalue weighted by Crippen LogP contribution is -1.96. The summed E-state index contributed by atoms with van der Waals surface area (Å²) in [6, 6.07) is 5.30. The molecule has 0 amide bonds. The van der Waals surface area contributed by atoms with E-state index in [1.807, 2.05) is 6.07 Å². The third kappa shape index (κ3) is 1.59. The summed E-state index contributed by atoms with van der Waals surface area (Å²) in [7, 11) is 0. The van der Waals surface area contributed by atoms with Crippen LogP contribution in [0, 0.1) is 11.8 Å². The van der Waals surface area contributed by atoms with Gasteiger partial charge in [0.1, 0.15) is 11.3 Å². The SMILES string of the molecule is O=C(O)c1cccc2[nH]c(C3C4CCCCC43)nc12. The van der Waals surface area contributed by atoms with Gasteiger partial charge in [-0.15, -0.1) is 0 Å². The Morgan fingerprint density at radius 2 is 2.00 bits per heavy atom. The van der Waals surface area contributed by atoms with Crippen molar-refractivity contribution >= 4 is 17.0 Å². The lowest BCUT2D eigenvalue weighted by Gasteiger charge is -2.04. The van der Waals surface area contributed by atoms with Crippen LogP contribution in [-0.4, -0.2) is 21.0 Å². The van der Waals surface area contributed by atoms with Gasteiger partial charge in [0.15, 0.2) is 0 Å². The molecule has 2 N–H and O–H groups in total. The molecule has 1 aromatic heterocycles. The average molecular weight is 256 g/mol. The van der Waals surface area contributed by atoms with Crippen molar-refractivity contribution in [2.45, 2.75) is 31.6 Å². The van der Waals surface area contributed by atoms with Crippen LogP contribution in [0.1, 0.15) is 47.8 Å². The van der Waals surface area contributed by atoms with Crippen molar-refractivity contribution in [3.63, 3.8) is 0 Å². The fourth-order valence-corrected chi connectivity index (χ4v) is 3.78. The fourth-order valence-electron chi connectivity index (χ4n) is 3.78. The van der Waals surface area contributed by atoms with Crippen LogP contribution in [0.2, 0.25) is 0 Å². The van der Waals surface area contributed by atoms with Gasteiger partial charge in [0.05, 0.1) is 11.1 Å². The summed E-state index contributed by atoms with van der Waals surface area (Å²) in [5.41, 5.74) is 1.75. The molecule has 4 heteroatoms. The number of H-pyrrole nitrogens is 1. The van der Waals surface area contributed by atoms with Crippen molar-refractivity contribution in [1.82, 2.24) is 9.97 Å². The van der Waals surface area contributed by atoms with Crippen molar-refractivity contribution in [2.24, 2.45) is 11.8 Å². The quantitative estimate of drug-likeness (QED) is 0.867. The second-order valence-electron chi connectivity index (χ2n) is 5.77. The molecule has 2 atom stereocenters. The number of benzene rings is 1. The number of fused-ring (bicyclic) bond motifs is 2. The lowest BCUT2D eigenvalue weighted by molar-refractivity contribution is 0.0699. The van der Waals surface area contributed by atoms with E-state index in [0.29, 0.717) is 17.0 Å². The third-order valence-electron chi connectivity index (χ3n) is 4.73. The summed E-state index contributed by atoms with van der Waals surface area (Å²) in [6.07, 6.45) is 5.27. The highest BCUT2D eigenvalue weighted by molar-refractivity contribution is 6.00. The highest BCUT2D eigenvalue weighted by Crippen LogP contribution is 2.60. The Morgan fingerprint density at radius 3 is 2.68 bits per heavy atom. The van der Waals surface area contributed by atoms with Gasteiger partial charge in [-0.05, 0) is 36.8 Å². The van der Waals surface area contributed by atoms with E-state index in [4.69, 9.17) is 0 Å². The Morgan fingerprint density at radius 1 is 1.26 bits per heavy atom. The predicted molar refractivity (Wildman–Crippen MR) is 71.2 cm³/mol. The minimum atomic E-state index is -0.906. The summed E-state index contributed by atoms with van der Waals surface area (Å²) in [4.78, 5) is 19.1. The number of hydrogen-bond acceptors (Lipinski definition) is 2. The number of imidazole rings is 1. The van der Waals surface area contributed by atoms with Crippen LogP contribution in [-0.2, 0) is 0 Å². The predicted octanol–water partition coefficient (Wildman–Crippen LogP) is 3.16. The molecular weight excluding hydrogens is 240 g/mol. The second-order valence-corrected chi connectivity index (χ2v) is 5.77. The Balaban J connectivity index is 1.76. The molecule has 2 unspecified atom stereocenters. The number of hydrogen-bond donors (Lipinski definition) is 2. The maximum absolute atomic E-state index is 11.2. The van der Waals surface area contributed by atoms with Crippen LogP contribution < -0.4 is 0 Å². The molecule has 98 valence electrons. The first-order valence-electron chi connectivity index (χ1n) is 6.97. The van der Waals surface area contributed by atoms with Crippen LogP contribution in [0.15, 0.2) is 18.2 Å². The van der Waals surface area contributed by atoms with Crippen molar-refractivity contribution in [3.05, 3.63) is 29.6 Å². The summed E-state index contributed by atoms with van der Waals surface area (Å²) in [5, 5.41) is 9.20. The molecule has 2 fully saturated rings. The molecule has 0 spiro atoms. The van der Waals surface area contributed by atoms with E-state index in [2.05, 4.69) is 9.97 Å². The van der Waals surface area contributed by atoms with Crippen molar-refractivity contribution in [3.8, 4) is 0 Å². The van der Waals surface area contributed by atoms with Gasteiger partial charge in [0.2, 0.25) is 0 Å². The maximum atomic E-state index is 11.2. The molecule has 2 saturated carbocycles. The average Bonchev–Trinajstić information content (AvgIpc) is 2.99. The van der Waals surface area contributed by atoms with E-state index < -0.39 is 5.97 Å². The Kier molecular flexibility index (Phi) is 2.22. The standard InChI is InChI=1S/C15H16N2O2/c18-15(19)10-6-3-7-11-13(10)17-14(16-11)12-8-4-1-2-5-9(8)12/h3,6-9,12H,1-2,4-5H2,(H,16,17)(H,18,19). The molecule has 4 nitrogen and oxygen atoms in total. The molecule has 0 saturated heterocycles. The van der Waals surface area contributed by atoms with Gasteiger partial charge in [-0.2, -0.15) is 0 Å². The van der Waals surface area contributed by atoms with E-state index in [9.17, 15) is 9.90 Å². The van der Waals surface area contributed by atoms with Gasteiger partial charge >= 0.3 is 5.97 Å². The highest BCUT2D eigenvalue weighted by atomic mass is 16.4. The maximum Gasteiger partial charge on any atom is 0.337 e. The summed E-state index contributed by atoms with van der Waals surface area (Å²) in [5.74, 6) is 2.19. The van der Waals surface area contributed by atoms with Crippen LogP contribution in [0.25, 0.3) is 11.0 Å². The van der Waals surface area contributed by atoms with E-state index >= 15 is 0 Å². The smallest absolute Gasteiger partial charge is 0.337 e. The third-order valence-corrected chi connectivity index (χ3v) is 4.73. The van der Waals surface area contributed by atoms with Gasteiger partial charge in [-0.3, -0.25) is 0 Å². The molecule has 0 bridgehead atoms. The number of para-hydroxylation sites is 1. The zero-order valence-electron chi connectivity index (χ0n) is 10.6. The van der Waals surface area contributed by atoms with Gasteiger partial charge in [-0.1, -0.05) is 18.9 Å². The Hall–Kier alpha value is -1.84. The summed E-state index contributed by atoms with van der Waals surface area (Å²) >= 11 is 0. The highest BCUT2D eigenvalue weighted by Gasteiger charge is 2.52. The number of aromatic nitrogens is 2. The lowest BCUT2D eigenvalue weighted by atomic mass is 10.0. The monoisotopic (exact) mass is 256 g/mol. The van der Waals surface area contributed by atoms with Crippen molar-refractivity contribution < 1.29 is 9.90 Å². The number of nitrogens with one attached hydrogen (secondary N) is 1. The van der Waals surface area contributed by atoms with Gasteiger partial charge in [0.25, 0.3) is 0 Å². The Bertz CT molecular complexity index is 649. The molecule has 1 heterocycles. The van der Waals surface area contributed by atoms with Crippen LogP contribution in [0.5, 0.6) is 0 Å². The van der Waals surface area contributed by atoms with E-state index in [0.717, 1.165) is 23.2 Å². The Labute approximate surface area is 110 Å². The minimum absolute atomic E-state index is 0.295. The van der Waals surface area contributed by atoms with Gasteiger partial charge < -0.3 is 10.1 Å². The first-order valence-corrected chi connectivity index (χ1v) is 6.97. The molecule has 2 aromatic rings. The zero-order valence-corrected chi connectivity index (χ0v) is 10.6. The molecule has 2 aliphatic carbocycles. The number of aromatic carboxylic acids is 1. The molecule has 0 aliphatic heterocycles. The zero-order chi connectivity index (χ0) is 13.0. The van der Waals surface area contributed by atoms with E-state index in [1.54, 1.807) is 12.1 Å². The summed E-state index contributed by atoms with van der Waals surface area (Å²) < 4.78 is 0. The van der Waals surface area contributed by atoms with E-state index in [1.165, 1.54) is 25.7 Å². The first kappa shape index (κ1) is 11.0. The van der Waals surface area contributed by atoms with Crippen molar-refractivity contribution in [2.75, 3.05) is 0 Å². The molecule has 0 radical (unpaired) electrons. The van der Waals surface area contributed by atoms with Gasteiger partial charge in [-0.25, -0.2) is 9.78 Å². The van der Waals surface area contributed by atoms with Crippen LogP contribution in [0.4, 0.5) is 0 Å². The van der Waals surface area contributed by atoms with Crippen LogP contribution in [0.3, 0.4) is 0 Å². The fraction of sp³-hybridized carbons (Fsp3) is 0.467. The summed E-state index contributed by atoms with van der Waals surface area (Å²) in [6.45, 7) is 0. The normalized spacial score (nSPS) is 29.2. The number of rotatable bonds is 2. The number of carbonyl (C=O) groups is 1. The minimum Gasteiger partial charge on any atom is -0.478 e. The van der Waals surface area contributed by atoms with E-state index in [-0.39, 0.29) is 0 Å². The van der Waals surface area contributed by atoms with Gasteiger partial charge in [0, 0.05) is 5.92 Å². The van der Waals surface area contributed by atoms with Crippen molar-refractivity contribution in [1.29, 1.82) is 0 Å². The number of nitrogens with zero attached hydrogens (tertiary/aromatic N) is 1. The number of carboxylic acid groups (broad SMARTS) is 1. The largest absolute Gasteiger partial charge is 0.478 e. The topological polar surface area (TPSA) is 66.0 Å². The molecule has 4 rings (SSSR count). The number of carboxylic acids is 1. The number of aromatic amines is 1. The molecule has 19 heavy (non-hydrogen) atoms. The van der Waals surface area contributed by atoms with Crippen LogP contribution >= 0.6 is 0 Å². The second kappa shape index (κ2) is 3.83. The first-order chi connectivity index (χ1) is 9.25. The molecule has 1 aromatic carbocycles. The molecule has 2 aliphatic rings. The molecular formula is C15H16N2O2.